The van der Waals surface area contributed by atoms with Crippen LogP contribution < -0.4 is 15.4 Å². The van der Waals surface area contributed by atoms with Gasteiger partial charge in [0.15, 0.2) is 6.61 Å². The van der Waals surface area contributed by atoms with Crippen LogP contribution in [0, 0.1) is 0 Å². The molecule has 0 aliphatic carbocycles. The minimum Gasteiger partial charge on any atom is -0.484 e. The Balaban J connectivity index is 2.40. The Kier molecular flexibility index (Phi) is 4.47. The number of rotatable bonds is 5. The van der Waals surface area contributed by atoms with E-state index in [9.17, 15) is 4.79 Å². The number of benzene rings is 1. The molecule has 0 saturated carbocycles. The standard InChI is InChI=1S/C11H16N2O2/c1-3-13-11(14)8-15-10-6-4-9(12-2)5-7-10/h4-7,12H,3,8H2,1-2H3,(H,13,14). The first kappa shape index (κ1) is 11.4. The number of ether oxygens (including phenoxy) is 1. The highest BCUT2D eigenvalue weighted by molar-refractivity contribution is 5.77. The minimum atomic E-state index is -0.102. The molecule has 2 N–H and O–H groups in total. The Labute approximate surface area is 89.6 Å². The molecule has 0 fully saturated rings. The predicted molar refractivity (Wildman–Crippen MR) is 60.2 cm³/mol. The van der Waals surface area contributed by atoms with Crippen LogP contribution in [0.25, 0.3) is 0 Å². The summed E-state index contributed by atoms with van der Waals surface area (Å²) in [6.07, 6.45) is 0. The van der Waals surface area contributed by atoms with Crippen molar-refractivity contribution in [3.63, 3.8) is 0 Å². The third kappa shape index (κ3) is 3.89. The van der Waals surface area contributed by atoms with Gasteiger partial charge < -0.3 is 15.4 Å². The van der Waals surface area contributed by atoms with Crippen LogP contribution in [-0.4, -0.2) is 26.1 Å². The number of carbonyl (C=O) groups is 1. The van der Waals surface area contributed by atoms with Crippen molar-refractivity contribution in [1.29, 1.82) is 0 Å². The lowest BCUT2D eigenvalue weighted by Crippen LogP contribution is -2.28. The maximum Gasteiger partial charge on any atom is 0.257 e. The molecule has 0 aliphatic heterocycles. The lowest BCUT2D eigenvalue weighted by molar-refractivity contribution is -0.122. The van der Waals surface area contributed by atoms with Gasteiger partial charge in [0.25, 0.3) is 5.91 Å². The monoisotopic (exact) mass is 208 g/mol. The highest BCUT2D eigenvalue weighted by Crippen LogP contribution is 2.14. The Morgan fingerprint density at radius 3 is 2.53 bits per heavy atom. The molecule has 0 unspecified atom stereocenters. The summed E-state index contributed by atoms with van der Waals surface area (Å²) in [5, 5.41) is 5.67. The van der Waals surface area contributed by atoms with Gasteiger partial charge in [-0.1, -0.05) is 0 Å². The molecule has 0 aliphatic rings. The molecule has 4 heteroatoms. The predicted octanol–water partition coefficient (Wildman–Crippen LogP) is 1.24. The number of anilines is 1. The lowest BCUT2D eigenvalue weighted by Gasteiger charge is -2.06. The van der Waals surface area contributed by atoms with Crippen molar-refractivity contribution >= 4 is 11.6 Å². The topological polar surface area (TPSA) is 50.4 Å². The van der Waals surface area contributed by atoms with E-state index in [4.69, 9.17) is 4.74 Å². The summed E-state index contributed by atoms with van der Waals surface area (Å²) in [5.41, 5.74) is 1.01. The van der Waals surface area contributed by atoms with Crippen LogP contribution in [-0.2, 0) is 4.79 Å². The summed E-state index contributed by atoms with van der Waals surface area (Å²) in [5.74, 6) is 0.593. The van der Waals surface area contributed by atoms with Gasteiger partial charge in [-0.05, 0) is 31.2 Å². The van der Waals surface area contributed by atoms with E-state index in [0.717, 1.165) is 5.69 Å². The van der Waals surface area contributed by atoms with Crippen molar-refractivity contribution in [2.75, 3.05) is 25.5 Å². The maximum atomic E-state index is 11.1. The van der Waals surface area contributed by atoms with Crippen molar-refractivity contribution in [3.05, 3.63) is 24.3 Å². The van der Waals surface area contributed by atoms with Gasteiger partial charge in [-0.25, -0.2) is 0 Å². The summed E-state index contributed by atoms with van der Waals surface area (Å²) in [6.45, 7) is 2.56. The molecule has 82 valence electrons. The molecule has 0 saturated heterocycles. The van der Waals surface area contributed by atoms with E-state index >= 15 is 0 Å². The molecule has 1 rings (SSSR count). The fraction of sp³-hybridized carbons (Fsp3) is 0.364. The van der Waals surface area contributed by atoms with Crippen LogP contribution in [0.1, 0.15) is 6.92 Å². The molecular formula is C11H16N2O2. The summed E-state index contributed by atoms with van der Waals surface area (Å²) < 4.78 is 5.28. The third-order valence-electron chi connectivity index (χ3n) is 1.89. The van der Waals surface area contributed by atoms with Crippen LogP contribution in [0.5, 0.6) is 5.75 Å². The summed E-state index contributed by atoms with van der Waals surface area (Å²) in [4.78, 5) is 11.1. The number of hydrogen-bond acceptors (Lipinski definition) is 3. The molecule has 4 nitrogen and oxygen atoms in total. The van der Waals surface area contributed by atoms with E-state index in [1.54, 1.807) is 0 Å². The number of amides is 1. The zero-order valence-electron chi connectivity index (χ0n) is 9.04. The number of nitrogens with one attached hydrogen (secondary N) is 2. The van der Waals surface area contributed by atoms with E-state index in [-0.39, 0.29) is 12.5 Å². The summed E-state index contributed by atoms with van der Waals surface area (Å²) >= 11 is 0. The Morgan fingerprint density at radius 2 is 2.00 bits per heavy atom. The zero-order valence-corrected chi connectivity index (χ0v) is 9.04. The summed E-state index contributed by atoms with van der Waals surface area (Å²) in [7, 11) is 1.85. The van der Waals surface area contributed by atoms with Gasteiger partial charge >= 0.3 is 0 Å². The van der Waals surface area contributed by atoms with Gasteiger partial charge in [0.2, 0.25) is 0 Å². The van der Waals surface area contributed by atoms with Crippen molar-refractivity contribution in [3.8, 4) is 5.75 Å². The Hall–Kier alpha value is -1.71. The van der Waals surface area contributed by atoms with Gasteiger partial charge in [-0.2, -0.15) is 0 Å². The van der Waals surface area contributed by atoms with Crippen LogP contribution in [0.2, 0.25) is 0 Å². The van der Waals surface area contributed by atoms with Crippen LogP contribution in [0.4, 0.5) is 5.69 Å². The highest BCUT2D eigenvalue weighted by atomic mass is 16.5. The van der Waals surface area contributed by atoms with Crippen LogP contribution in [0.3, 0.4) is 0 Å². The van der Waals surface area contributed by atoms with E-state index < -0.39 is 0 Å². The first-order chi connectivity index (χ1) is 7.26. The number of likely N-dealkylation sites (N-methyl/N-ethyl adjacent to an activating group) is 1. The number of hydrogen-bond donors (Lipinski definition) is 2. The molecule has 0 atom stereocenters. The van der Waals surface area contributed by atoms with E-state index in [2.05, 4.69) is 10.6 Å². The minimum absolute atomic E-state index is 0.0622. The quantitative estimate of drug-likeness (QED) is 0.765. The smallest absolute Gasteiger partial charge is 0.257 e. The maximum absolute atomic E-state index is 11.1. The largest absolute Gasteiger partial charge is 0.484 e. The lowest BCUT2D eigenvalue weighted by atomic mass is 10.3. The van der Waals surface area contributed by atoms with Gasteiger partial charge in [0.05, 0.1) is 0 Å². The Morgan fingerprint density at radius 1 is 1.33 bits per heavy atom. The molecule has 1 aromatic rings. The van der Waals surface area contributed by atoms with Gasteiger partial charge in [-0.3, -0.25) is 4.79 Å². The molecule has 1 aromatic carbocycles. The van der Waals surface area contributed by atoms with E-state index in [1.807, 2.05) is 38.2 Å². The van der Waals surface area contributed by atoms with Crippen LogP contribution >= 0.6 is 0 Å². The van der Waals surface area contributed by atoms with Gasteiger partial charge in [0.1, 0.15) is 5.75 Å². The van der Waals surface area contributed by atoms with E-state index in [0.29, 0.717) is 12.3 Å². The second-order valence-electron chi connectivity index (χ2n) is 3.02. The fourth-order valence-corrected chi connectivity index (χ4v) is 1.11. The van der Waals surface area contributed by atoms with E-state index in [1.165, 1.54) is 0 Å². The van der Waals surface area contributed by atoms with Crippen molar-refractivity contribution in [2.45, 2.75) is 6.92 Å². The molecule has 0 spiro atoms. The zero-order chi connectivity index (χ0) is 11.1. The molecule has 0 heterocycles. The molecule has 0 aromatic heterocycles. The SMILES string of the molecule is CCNC(=O)COc1ccc(NC)cc1. The first-order valence-corrected chi connectivity index (χ1v) is 4.93. The normalized spacial score (nSPS) is 9.47. The number of carbonyl (C=O) groups excluding carboxylic acids is 1. The van der Waals surface area contributed by atoms with Crippen molar-refractivity contribution < 1.29 is 9.53 Å². The Bertz CT molecular complexity index is 309. The average molecular weight is 208 g/mol. The summed E-state index contributed by atoms with van der Waals surface area (Å²) in [6, 6.07) is 7.44. The van der Waals surface area contributed by atoms with Gasteiger partial charge in [0, 0.05) is 19.3 Å². The molecule has 0 bridgehead atoms. The second-order valence-corrected chi connectivity index (χ2v) is 3.02. The van der Waals surface area contributed by atoms with Crippen molar-refractivity contribution in [2.24, 2.45) is 0 Å². The molecule has 15 heavy (non-hydrogen) atoms. The van der Waals surface area contributed by atoms with Gasteiger partial charge in [-0.15, -0.1) is 0 Å². The average Bonchev–Trinajstić information content (AvgIpc) is 2.27. The fourth-order valence-electron chi connectivity index (χ4n) is 1.11. The van der Waals surface area contributed by atoms with Crippen LogP contribution in [0.15, 0.2) is 24.3 Å². The molecular weight excluding hydrogens is 192 g/mol. The molecule has 1 amide bonds. The third-order valence-corrected chi connectivity index (χ3v) is 1.89. The second kappa shape index (κ2) is 5.90. The van der Waals surface area contributed by atoms with Crippen molar-refractivity contribution in [1.82, 2.24) is 5.32 Å². The highest BCUT2D eigenvalue weighted by Gasteiger charge is 2.00. The first-order valence-electron chi connectivity index (χ1n) is 4.93. The molecule has 0 radical (unpaired) electrons.